The first-order valence-electron chi connectivity index (χ1n) is 8.69. The van der Waals surface area contributed by atoms with Crippen molar-refractivity contribution < 1.29 is 34.1 Å². The van der Waals surface area contributed by atoms with Crippen LogP contribution in [0.25, 0.3) is 0 Å². The number of amides is 2. The van der Waals surface area contributed by atoms with Gasteiger partial charge < -0.3 is 24.7 Å². The van der Waals surface area contributed by atoms with Crippen LogP contribution in [-0.4, -0.2) is 75.2 Å². The highest BCUT2D eigenvalue weighted by Gasteiger charge is 2.57. The molecule has 0 aromatic carbocycles. The molecule has 26 heavy (non-hydrogen) atoms. The van der Waals surface area contributed by atoms with Crippen LogP contribution in [0.4, 0.5) is 4.79 Å². The van der Waals surface area contributed by atoms with Gasteiger partial charge in [-0.05, 0) is 40.0 Å². The monoisotopic (exact) mass is 370 g/mol. The van der Waals surface area contributed by atoms with Crippen LogP contribution >= 0.6 is 0 Å². The van der Waals surface area contributed by atoms with E-state index in [4.69, 9.17) is 9.84 Å². The fourth-order valence-electron chi connectivity index (χ4n) is 3.52. The summed E-state index contributed by atoms with van der Waals surface area (Å²) in [5.74, 6) is -2.65. The van der Waals surface area contributed by atoms with Crippen molar-refractivity contribution in [3.63, 3.8) is 0 Å². The quantitative estimate of drug-likeness (QED) is 0.696. The predicted molar refractivity (Wildman–Crippen MR) is 89.5 cm³/mol. The molecule has 9 nitrogen and oxygen atoms in total. The molecule has 0 saturated carbocycles. The molecule has 0 aromatic heterocycles. The minimum Gasteiger partial charge on any atom is -0.481 e. The number of carboxylic acids is 2. The molecule has 9 heteroatoms. The highest BCUT2D eigenvalue weighted by Crippen LogP contribution is 2.42. The van der Waals surface area contributed by atoms with Gasteiger partial charge in [-0.25, -0.2) is 9.59 Å². The second kappa shape index (κ2) is 7.13. The molecule has 2 heterocycles. The molecule has 0 aliphatic carbocycles. The Labute approximate surface area is 151 Å². The molecule has 1 unspecified atom stereocenters. The number of nitrogens with zero attached hydrogens (tertiary/aromatic N) is 2. The van der Waals surface area contributed by atoms with Crippen molar-refractivity contribution in [2.24, 2.45) is 5.41 Å². The van der Waals surface area contributed by atoms with Crippen molar-refractivity contribution in [2.75, 3.05) is 19.6 Å². The molecule has 2 rings (SSSR count). The van der Waals surface area contributed by atoms with E-state index in [0.29, 0.717) is 19.4 Å². The average Bonchev–Trinajstić information content (AvgIpc) is 2.52. The number of hydrogen-bond acceptors (Lipinski definition) is 5. The van der Waals surface area contributed by atoms with Crippen LogP contribution in [0.3, 0.4) is 0 Å². The molecular formula is C17H26N2O7. The van der Waals surface area contributed by atoms with Crippen LogP contribution in [0.1, 0.15) is 46.5 Å². The summed E-state index contributed by atoms with van der Waals surface area (Å²) >= 11 is 0. The molecule has 2 aliphatic rings. The van der Waals surface area contributed by atoms with Crippen molar-refractivity contribution in [2.45, 2.75) is 58.1 Å². The minimum absolute atomic E-state index is 0.137. The highest BCUT2D eigenvalue weighted by molar-refractivity contribution is 5.93. The van der Waals surface area contributed by atoms with Gasteiger partial charge in [-0.15, -0.1) is 0 Å². The molecule has 0 aromatic rings. The van der Waals surface area contributed by atoms with E-state index in [1.165, 1.54) is 9.80 Å². The Morgan fingerprint density at radius 3 is 2.38 bits per heavy atom. The van der Waals surface area contributed by atoms with E-state index in [0.717, 1.165) is 0 Å². The molecule has 2 amide bonds. The third kappa shape index (κ3) is 4.25. The first-order valence-corrected chi connectivity index (χ1v) is 8.69. The predicted octanol–water partition coefficient (Wildman–Crippen LogP) is 1.16. The fraction of sp³-hybridized carbons (Fsp3) is 0.765. The largest absolute Gasteiger partial charge is 0.481 e. The summed E-state index contributed by atoms with van der Waals surface area (Å²) in [4.78, 5) is 49.8. The summed E-state index contributed by atoms with van der Waals surface area (Å²) in [7, 11) is 0. The van der Waals surface area contributed by atoms with Crippen molar-refractivity contribution in [3.05, 3.63) is 0 Å². The van der Waals surface area contributed by atoms with E-state index >= 15 is 0 Å². The number of ether oxygens (including phenoxy) is 1. The molecule has 2 aliphatic heterocycles. The maximum atomic E-state index is 12.7. The molecule has 2 N–H and O–H groups in total. The summed E-state index contributed by atoms with van der Waals surface area (Å²) in [6.45, 7) is 6.19. The van der Waals surface area contributed by atoms with Gasteiger partial charge in [0.15, 0.2) is 0 Å². The maximum Gasteiger partial charge on any atom is 0.410 e. The highest BCUT2D eigenvalue weighted by atomic mass is 16.6. The number of carbonyl (C=O) groups is 4. The van der Waals surface area contributed by atoms with Crippen molar-refractivity contribution >= 4 is 23.9 Å². The number of piperidine rings is 1. The number of rotatable bonds is 5. The van der Waals surface area contributed by atoms with Crippen LogP contribution in [0, 0.1) is 5.41 Å². The normalized spacial score (nSPS) is 24.2. The number of carboxylic acid groups (broad SMARTS) is 2. The Hall–Kier alpha value is -2.32. The third-order valence-electron chi connectivity index (χ3n) is 4.71. The van der Waals surface area contributed by atoms with Gasteiger partial charge in [0, 0.05) is 26.1 Å². The van der Waals surface area contributed by atoms with Crippen molar-refractivity contribution in [1.82, 2.24) is 9.80 Å². The van der Waals surface area contributed by atoms with Gasteiger partial charge in [-0.1, -0.05) is 0 Å². The molecule has 0 radical (unpaired) electrons. The van der Waals surface area contributed by atoms with Gasteiger partial charge in [0.25, 0.3) is 0 Å². The lowest BCUT2D eigenvalue weighted by Gasteiger charge is -2.54. The van der Waals surface area contributed by atoms with Crippen LogP contribution in [0.2, 0.25) is 0 Å². The van der Waals surface area contributed by atoms with Crippen LogP contribution < -0.4 is 0 Å². The zero-order valence-corrected chi connectivity index (χ0v) is 15.4. The molecule has 2 saturated heterocycles. The second-order valence-electron chi connectivity index (χ2n) is 8.01. The standard InChI is InChI=1S/C17H26N2O7/c1-16(2,3)26-15(25)18-8-4-7-17(9-18)10-19(14(17)24)11(13(22)23)5-6-12(20)21/h11H,4-10H2,1-3H3,(H,20,21)(H,22,23)/t11-,17?/m0/s1. The zero-order chi connectivity index (χ0) is 19.7. The van der Waals surface area contributed by atoms with Crippen LogP contribution in [0.15, 0.2) is 0 Å². The number of β-lactam (4-membered cyclic amide) rings is 1. The van der Waals surface area contributed by atoms with E-state index < -0.39 is 35.1 Å². The van der Waals surface area contributed by atoms with E-state index in [1.54, 1.807) is 20.8 Å². The SMILES string of the molecule is CC(C)(C)OC(=O)N1CCCC2(C1)CN([C@@H](CCC(=O)O)C(=O)O)C2=O. The van der Waals surface area contributed by atoms with Gasteiger partial charge in [-0.3, -0.25) is 9.59 Å². The molecule has 2 atom stereocenters. The minimum atomic E-state index is -1.21. The first kappa shape index (κ1) is 20.0. The first-order chi connectivity index (χ1) is 11.9. The second-order valence-corrected chi connectivity index (χ2v) is 8.01. The Bertz CT molecular complexity index is 613. The summed E-state index contributed by atoms with van der Waals surface area (Å²) in [6, 6.07) is -1.15. The van der Waals surface area contributed by atoms with E-state index in [1.807, 2.05) is 0 Å². The number of carbonyl (C=O) groups excluding carboxylic acids is 2. The zero-order valence-electron chi connectivity index (χ0n) is 15.4. The Morgan fingerprint density at radius 1 is 1.23 bits per heavy atom. The van der Waals surface area contributed by atoms with Gasteiger partial charge in [0.2, 0.25) is 5.91 Å². The van der Waals surface area contributed by atoms with Gasteiger partial charge in [-0.2, -0.15) is 0 Å². The molecular weight excluding hydrogens is 344 g/mol. The molecule has 0 bridgehead atoms. The lowest BCUT2D eigenvalue weighted by molar-refractivity contribution is -0.177. The summed E-state index contributed by atoms with van der Waals surface area (Å²) < 4.78 is 5.35. The van der Waals surface area contributed by atoms with Crippen LogP contribution in [-0.2, 0) is 19.1 Å². The lowest BCUT2D eigenvalue weighted by atomic mass is 9.71. The Kier molecular flexibility index (Phi) is 5.48. The number of likely N-dealkylation sites (tertiary alicyclic amines) is 2. The Balaban J connectivity index is 2.03. The molecule has 1 spiro atoms. The smallest absolute Gasteiger partial charge is 0.410 e. The van der Waals surface area contributed by atoms with Crippen molar-refractivity contribution in [3.8, 4) is 0 Å². The number of aliphatic carboxylic acids is 2. The van der Waals surface area contributed by atoms with Gasteiger partial charge in [0.05, 0.1) is 5.41 Å². The van der Waals surface area contributed by atoms with Gasteiger partial charge in [0.1, 0.15) is 11.6 Å². The van der Waals surface area contributed by atoms with E-state index in [-0.39, 0.29) is 31.8 Å². The summed E-state index contributed by atoms with van der Waals surface area (Å²) in [6.07, 6.45) is 0.266. The van der Waals surface area contributed by atoms with Gasteiger partial charge >= 0.3 is 18.0 Å². The average molecular weight is 370 g/mol. The Morgan fingerprint density at radius 2 is 1.88 bits per heavy atom. The lowest BCUT2D eigenvalue weighted by Crippen LogP contribution is -2.70. The maximum absolute atomic E-state index is 12.7. The van der Waals surface area contributed by atoms with Crippen LogP contribution in [0.5, 0.6) is 0 Å². The third-order valence-corrected chi connectivity index (χ3v) is 4.71. The van der Waals surface area contributed by atoms with E-state index in [9.17, 15) is 24.3 Å². The topological polar surface area (TPSA) is 124 Å². The van der Waals surface area contributed by atoms with Crippen molar-refractivity contribution in [1.29, 1.82) is 0 Å². The van der Waals surface area contributed by atoms with E-state index in [2.05, 4.69) is 0 Å². The molecule has 146 valence electrons. The molecule has 2 fully saturated rings. The summed E-state index contributed by atoms with van der Waals surface area (Å²) in [5.41, 5.74) is -1.42. The fourth-order valence-corrected chi connectivity index (χ4v) is 3.52. The summed E-state index contributed by atoms with van der Waals surface area (Å²) in [5, 5.41) is 18.1. The number of hydrogen-bond donors (Lipinski definition) is 2.